The van der Waals surface area contributed by atoms with Crippen LogP contribution in [0.3, 0.4) is 0 Å². The first kappa shape index (κ1) is 18.2. The smallest absolute Gasteiger partial charge is 0.252 e. The first-order valence-corrected chi connectivity index (χ1v) is 10.3. The van der Waals surface area contributed by atoms with Gasteiger partial charge in [0.15, 0.2) is 0 Å². The molecule has 2 saturated heterocycles. The standard InChI is InChI=1S/C24H30N2O/c1-3-19-9-7-8-12-21(19)23(27)25-22(20-10-5-4-6-11-20)24-15-13-18(14-16-24)17-26(24)2/h4-12,18,22H,3,13-17H2,1-2H3,(H,25,27). The second-order valence-corrected chi connectivity index (χ2v) is 8.26. The molecule has 142 valence electrons. The van der Waals surface area contributed by atoms with Gasteiger partial charge in [0.2, 0.25) is 0 Å². The lowest BCUT2D eigenvalue weighted by Gasteiger charge is -2.57. The highest BCUT2D eigenvalue weighted by molar-refractivity contribution is 5.96. The van der Waals surface area contributed by atoms with Gasteiger partial charge in [0.25, 0.3) is 5.91 Å². The molecule has 1 amide bonds. The van der Waals surface area contributed by atoms with Crippen LogP contribution in [-0.4, -0.2) is 29.9 Å². The van der Waals surface area contributed by atoms with Crippen LogP contribution < -0.4 is 5.32 Å². The van der Waals surface area contributed by atoms with E-state index < -0.39 is 0 Å². The molecule has 0 radical (unpaired) electrons. The highest BCUT2D eigenvalue weighted by Gasteiger charge is 2.50. The van der Waals surface area contributed by atoms with E-state index in [2.05, 4.69) is 54.5 Å². The molecule has 3 aliphatic rings. The minimum Gasteiger partial charge on any atom is -0.343 e. The third-order valence-corrected chi connectivity index (χ3v) is 6.85. The van der Waals surface area contributed by atoms with Crippen molar-refractivity contribution in [2.24, 2.45) is 5.92 Å². The van der Waals surface area contributed by atoms with Crippen LogP contribution in [0.5, 0.6) is 0 Å². The lowest BCUT2D eigenvalue weighted by Crippen LogP contribution is -2.62. The first-order valence-electron chi connectivity index (χ1n) is 10.3. The Morgan fingerprint density at radius 3 is 2.44 bits per heavy atom. The molecule has 1 aliphatic carbocycles. The highest BCUT2D eigenvalue weighted by Crippen LogP contribution is 2.49. The lowest BCUT2D eigenvalue weighted by atomic mass is 9.65. The van der Waals surface area contributed by atoms with Gasteiger partial charge < -0.3 is 5.32 Å². The number of carbonyl (C=O) groups is 1. The molecule has 0 spiro atoms. The summed E-state index contributed by atoms with van der Waals surface area (Å²) in [6.45, 7) is 3.25. The van der Waals surface area contributed by atoms with E-state index in [4.69, 9.17) is 0 Å². The van der Waals surface area contributed by atoms with Crippen molar-refractivity contribution in [3.05, 3.63) is 71.3 Å². The molecule has 2 aliphatic heterocycles. The van der Waals surface area contributed by atoms with Gasteiger partial charge in [0.05, 0.1) is 6.04 Å². The fourth-order valence-electron chi connectivity index (χ4n) is 5.25. The number of piperidine rings is 2. The molecule has 27 heavy (non-hydrogen) atoms. The van der Waals surface area contributed by atoms with E-state index in [0.717, 1.165) is 42.9 Å². The quantitative estimate of drug-likeness (QED) is 0.843. The molecule has 5 rings (SSSR count). The molecule has 3 nitrogen and oxygen atoms in total. The summed E-state index contributed by atoms with van der Waals surface area (Å²) in [5, 5.41) is 3.46. The number of hydrogen-bond donors (Lipinski definition) is 1. The largest absolute Gasteiger partial charge is 0.343 e. The average Bonchev–Trinajstić information content (AvgIpc) is 2.73. The molecule has 2 bridgehead atoms. The van der Waals surface area contributed by atoms with Crippen LogP contribution in [0, 0.1) is 5.92 Å². The summed E-state index contributed by atoms with van der Waals surface area (Å²) in [4.78, 5) is 15.8. The van der Waals surface area contributed by atoms with Gasteiger partial charge in [-0.1, -0.05) is 55.5 Å². The zero-order chi connectivity index (χ0) is 18.9. The van der Waals surface area contributed by atoms with Crippen LogP contribution in [0.15, 0.2) is 54.6 Å². The van der Waals surface area contributed by atoms with Gasteiger partial charge in [-0.3, -0.25) is 9.69 Å². The zero-order valence-corrected chi connectivity index (χ0v) is 16.4. The van der Waals surface area contributed by atoms with Crippen molar-refractivity contribution in [1.29, 1.82) is 0 Å². The molecule has 2 heterocycles. The van der Waals surface area contributed by atoms with E-state index in [9.17, 15) is 4.79 Å². The fraction of sp³-hybridized carbons (Fsp3) is 0.458. The van der Waals surface area contributed by atoms with Crippen LogP contribution in [0.25, 0.3) is 0 Å². The van der Waals surface area contributed by atoms with E-state index in [0.29, 0.717) is 0 Å². The second kappa shape index (κ2) is 7.47. The highest BCUT2D eigenvalue weighted by atomic mass is 16.1. The van der Waals surface area contributed by atoms with Gasteiger partial charge in [-0.2, -0.15) is 0 Å². The van der Waals surface area contributed by atoms with E-state index in [1.54, 1.807) is 0 Å². The summed E-state index contributed by atoms with van der Waals surface area (Å²) >= 11 is 0. The van der Waals surface area contributed by atoms with Gasteiger partial charge in [-0.05, 0) is 62.3 Å². The number of nitrogens with one attached hydrogen (secondary N) is 1. The Morgan fingerprint density at radius 2 is 1.78 bits per heavy atom. The number of nitrogens with zero attached hydrogens (tertiary/aromatic N) is 1. The van der Waals surface area contributed by atoms with Crippen molar-refractivity contribution < 1.29 is 4.79 Å². The number of rotatable bonds is 5. The number of amides is 1. The minimum atomic E-state index is 0.0161. The molecule has 2 aromatic carbocycles. The van der Waals surface area contributed by atoms with Crippen molar-refractivity contribution in [3.8, 4) is 0 Å². The third kappa shape index (κ3) is 3.29. The number of benzene rings is 2. The van der Waals surface area contributed by atoms with Crippen LogP contribution >= 0.6 is 0 Å². The van der Waals surface area contributed by atoms with Gasteiger partial charge in [-0.25, -0.2) is 0 Å². The molecule has 1 unspecified atom stereocenters. The Balaban J connectivity index is 1.70. The molecular weight excluding hydrogens is 332 g/mol. The van der Waals surface area contributed by atoms with Gasteiger partial charge in [-0.15, -0.1) is 0 Å². The topological polar surface area (TPSA) is 32.3 Å². The molecular formula is C24H30N2O. The first-order chi connectivity index (χ1) is 13.1. The number of fused-ring (bicyclic) bond motifs is 3. The second-order valence-electron chi connectivity index (χ2n) is 8.26. The van der Waals surface area contributed by atoms with Crippen molar-refractivity contribution in [2.75, 3.05) is 13.6 Å². The Labute approximate surface area is 162 Å². The van der Waals surface area contributed by atoms with Crippen molar-refractivity contribution >= 4 is 5.91 Å². The predicted octanol–water partition coefficient (Wildman–Crippen LogP) is 4.59. The maximum atomic E-state index is 13.3. The average molecular weight is 363 g/mol. The third-order valence-electron chi connectivity index (χ3n) is 6.85. The summed E-state index contributed by atoms with van der Waals surface area (Å²) < 4.78 is 0. The number of carbonyl (C=O) groups excluding carboxylic acids is 1. The number of likely N-dealkylation sites (N-methyl/N-ethyl adjacent to an activating group) is 1. The summed E-state index contributed by atoms with van der Waals surface area (Å²) in [7, 11) is 2.24. The van der Waals surface area contributed by atoms with E-state index in [1.165, 1.54) is 18.4 Å². The van der Waals surface area contributed by atoms with Crippen molar-refractivity contribution in [3.63, 3.8) is 0 Å². The van der Waals surface area contributed by atoms with Crippen molar-refractivity contribution in [2.45, 2.75) is 50.6 Å². The fourth-order valence-corrected chi connectivity index (χ4v) is 5.25. The minimum absolute atomic E-state index is 0.0161. The lowest BCUT2D eigenvalue weighted by molar-refractivity contribution is -0.0404. The molecule has 0 aromatic heterocycles. The predicted molar refractivity (Wildman–Crippen MR) is 110 cm³/mol. The van der Waals surface area contributed by atoms with Crippen LogP contribution in [0.4, 0.5) is 0 Å². The maximum Gasteiger partial charge on any atom is 0.252 e. The number of aryl methyl sites for hydroxylation is 1. The SMILES string of the molecule is CCc1ccccc1C(=O)NC(c1ccccc1)C12CCC(CC1)CN2C. The molecule has 1 saturated carbocycles. The maximum absolute atomic E-state index is 13.3. The Morgan fingerprint density at radius 1 is 1.11 bits per heavy atom. The van der Waals surface area contributed by atoms with Gasteiger partial charge in [0, 0.05) is 17.6 Å². The van der Waals surface area contributed by atoms with E-state index >= 15 is 0 Å². The van der Waals surface area contributed by atoms with Crippen LogP contribution in [0.1, 0.15) is 60.1 Å². The van der Waals surface area contributed by atoms with Crippen LogP contribution in [-0.2, 0) is 6.42 Å². The Kier molecular flexibility index (Phi) is 5.05. The summed E-state index contributed by atoms with van der Waals surface area (Å²) in [5.41, 5.74) is 3.16. The Hall–Kier alpha value is -2.13. The van der Waals surface area contributed by atoms with Gasteiger partial charge in [0.1, 0.15) is 0 Å². The zero-order valence-electron chi connectivity index (χ0n) is 16.4. The molecule has 1 N–H and O–H groups in total. The van der Waals surface area contributed by atoms with Crippen molar-refractivity contribution in [1.82, 2.24) is 10.2 Å². The normalized spacial score (nSPS) is 25.9. The monoisotopic (exact) mass is 362 g/mol. The van der Waals surface area contributed by atoms with Crippen LogP contribution in [0.2, 0.25) is 0 Å². The number of hydrogen-bond acceptors (Lipinski definition) is 2. The molecule has 1 atom stereocenters. The molecule has 3 heteroatoms. The Bertz CT molecular complexity index is 793. The van der Waals surface area contributed by atoms with E-state index in [1.807, 2.05) is 24.3 Å². The summed E-state index contributed by atoms with van der Waals surface area (Å²) in [6, 6.07) is 18.5. The van der Waals surface area contributed by atoms with E-state index in [-0.39, 0.29) is 17.5 Å². The summed E-state index contributed by atoms with van der Waals surface area (Å²) in [6.07, 6.45) is 5.73. The summed E-state index contributed by atoms with van der Waals surface area (Å²) in [5.74, 6) is 0.876. The molecule has 3 fully saturated rings. The van der Waals surface area contributed by atoms with Gasteiger partial charge >= 0.3 is 0 Å². The molecule has 2 aromatic rings.